The molecule has 2 unspecified atom stereocenters. The fourth-order valence-corrected chi connectivity index (χ4v) is 6.99. The number of hydrogen-bond acceptors (Lipinski definition) is 4. The number of benzene rings is 1. The van der Waals surface area contributed by atoms with Crippen LogP contribution in [0, 0.1) is 11.8 Å². The predicted molar refractivity (Wildman–Crippen MR) is 147 cm³/mol. The molecular weight excluding hydrogens is 496 g/mol. The molecule has 3 aliphatic rings. The first-order valence-electron chi connectivity index (χ1n) is 14.5. The number of hydrogen-bond donors (Lipinski definition) is 5. The highest BCUT2D eigenvalue weighted by atomic mass is 16.4. The molecule has 3 fully saturated rings. The average molecular weight is 537 g/mol. The second-order valence-corrected chi connectivity index (χ2v) is 11.9. The zero-order valence-electron chi connectivity index (χ0n) is 22.5. The van der Waals surface area contributed by atoms with Crippen molar-refractivity contribution in [2.75, 3.05) is 0 Å². The van der Waals surface area contributed by atoms with Crippen LogP contribution in [-0.4, -0.2) is 51.4 Å². The molecule has 3 amide bonds. The topological polar surface area (TPSA) is 140 Å². The lowest BCUT2D eigenvalue weighted by Crippen LogP contribution is -2.53. The van der Waals surface area contributed by atoms with Gasteiger partial charge in [0.25, 0.3) is 5.91 Å². The molecule has 0 radical (unpaired) electrons. The van der Waals surface area contributed by atoms with Crippen LogP contribution >= 0.6 is 0 Å². The number of para-hydroxylation sites is 1. The van der Waals surface area contributed by atoms with Gasteiger partial charge >= 0.3 is 5.97 Å². The monoisotopic (exact) mass is 536 g/mol. The van der Waals surface area contributed by atoms with Gasteiger partial charge < -0.3 is 26.0 Å². The highest BCUT2D eigenvalue weighted by molar-refractivity contribution is 6.00. The van der Waals surface area contributed by atoms with Gasteiger partial charge in [0.1, 0.15) is 11.7 Å². The molecule has 1 aliphatic heterocycles. The maximum atomic E-state index is 13.7. The second-order valence-electron chi connectivity index (χ2n) is 11.9. The summed E-state index contributed by atoms with van der Waals surface area (Å²) in [6.07, 6.45) is 11.0. The molecule has 1 aromatic carbocycles. The van der Waals surface area contributed by atoms with E-state index in [4.69, 9.17) is 0 Å². The highest BCUT2D eigenvalue weighted by Gasteiger charge is 2.48. The van der Waals surface area contributed by atoms with E-state index in [1.54, 1.807) is 6.07 Å². The third kappa shape index (κ3) is 6.45. The van der Waals surface area contributed by atoms with Crippen LogP contribution in [0.25, 0.3) is 10.9 Å². The van der Waals surface area contributed by atoms with E-state index in [1.165, 1.54) is 6.42 Å². The Bertz CT molecular complexity index is 1180. The van der Waals surface area contributed by atoms with Gasteiger partial charge in [0.2, 0.25) is 11.8 Å². The molecule has 5 N–H and O–H groups in total. The van der Waals surface area contributed by atoms with Crippen molar-refractivity contribution in [3.05, 3.63) is 36.0 Å². The van der Waals surface area contributed by atoms with Gasteiger partial charge in [-0.05, 0) is 43.7 Å². The summed E-state index contributed by atoms with van der Waals surface area (Å²) in [6, 6.07) is 7.69. The smallest absolute Gasteiger partial charge is 0.305 e. The maximum Gasteiger partial charge on any atom is 0.305 e. The number of aromatic nitrogens is 1. The van der Waals surface area contributed by atoms with Crippen molar-refractivity contribution in [3.8, 4) is 0 Å². The summed E-state index contributed by atoms with van der Waals surface area (Å²) < 4.78 is 0. The van der Waals surface area contributed by atoms with Crippen LogP contribution in [0.2, 0.25) is 0 Å². The van der Waals surface area contributed by atoms with Crippen molar-refractivity contribution in [2.45, 2.75) is 101 Å². The Kier molecular flexibility index (Phi) is 8.23. The highest BCUT2D eigenvalue weighted by Crippen LogP contribution is 2.39. The molecule has 39 heavy (non-hydrogen) atoms. The van der Waals surface area contributed by atoms with Crippen LogP contribution in [0.4, 0.5) is 0 Å². The molecule has 1 spiro atoms. The zero-order valence-corrected chi connectivity index (χ0v) is 22.5. The molecule has 9 heteroatoms. The van der Waals surface area contributed by atoms with Crippen LogP contribution in [0.3, 0.4) is 0 Å². The van der Waals surface area contributed by atoms with Gasteiger partial charge in [-0.3, -0.25) is 19.2 Å². The third-order valence-electron chi connectivity index (χ3n) is 9.04. The van der Waals surface area contributed by atoms with Gasteiger partial charge in [0.05, 0.1) is 18.4 Å². The van der Waals surface area contributed by atoms with E-state index < -0.39 is 29.9 Å². The van der Waals surface area contributed by atoms with Gasteiger partial charge in [-0.1, -0.05) is 69.6 Å². The minimum Gasteiger partial charge on any atom is -0.481 e. The molecule has 2 aromatic rings. The molecule has 2 saturated carbocycles. The van der Waals surface area contributed by atoms with E-state index in [0.717, 1.165) is 68.7 Å². The summed E-state index contributed by atoms with van der Waals surface area (Å²) in [6.45, 7) is 0. The van der Waals surface area contributed by atoms with E-state index >= 15 is 0 Å². The number of carboxylic acid groups (broad SMARTS) is 1. The first kappa shape index (κ1) is 27.2. The largest absolute Gasteiger partial charge is 0.481 e. The summed E-state index contributed by atoms with van der Waals surface area (Å²) in [5.41, 5.74) is 0.905. The lowest BCUT2D eigenvalue weighted by molar-refractivity contribution is -0.138. The maximum absolute atomic E-state index is 13.7. The number of H-pyrrole nitrogens is 1. The number of nitrogens with one attached hydrogen (secondary N) is 4. The standard InChI is InChI=1S/C30H40N4O5/c35-26(36)17-23(21-18-30(34-27(21)37)13-7-2-8-14-30)32-28(38)24(15-19-9-3-1-4-10-19)33-29(39)25-16-20-11-5-6-12-22(20)31-25/h5-6,11-12,16,19,21,23-24,31H,1-4,7-10,13-15,17-18H2,(H,32,38)(H,33,39)(H,34,37)(H,35,36)/t21?,23?,24-/m0/s1. The van der Waals surface area contributed by atoms with Crippen molar-refractivity contribution in [3.63, 3.8) is 0 Å². The minimum atomic E-state index is -1.07. The molecule has 0 bridgehead atoms. The third-order valence-corrected chi connectivity index (χ3v) is 9.04. The Hall–Kier alpha value is -3.36. The zero-order chi connectivity index (χ0) is 27.4. The summed E-state index contributed by atoms with van der Waals surface area (Å²) in [4.78, 5) is 55.0. The second kappa shape index (κ2) is 11.8. The molecule has 3 atom stereocenters. The fraction of sp³-hybridized carbons (Fsp3) is 0.600. The Morgan fingerprint density at radius 1 is 1.00 bits per heavy atom. The van der Waals surface area contributed by atoms with Crippen LogP contribution in [-0.2, 0) is 14.4 Å². The Balaban J connectivity index is 1.33. The predicted octanol–water partition coefficient (Wildman–Crippen LogP) is 4.04. The van der Waals surface area contributed by atoms with Crippen LogP contribution < -0.4 is 16.0 Å². The van der Waals surface area contributed by atoms with Gasteiger partial charge in [-0.15, -0.1) is 0 Å². The summed E-state index contributed by atoms with van der Waals surface area (Å²) in [5, 5.41) is 19.5. The van der Waals surface area contributed by atoms with Crippen LogP contribution in [0.15, 0.2) is 30.3 Å². The molecule has 1 aromatic heterocycles. The minimum absolute atomic E-state index is 0.186. The number of amides is 3. The Morgan fingerprint density at radius 3 is 2.44 bits per heavy atom. The average Bonchev–Trinajstić information content (AvgIpc) is 3.49. The summed E-state index contributed by atoms with van der Waals surface area (Å²) >= 11 is 0. The van der Waals surface area contributed by atoms with Crippen molar-refractivity contribution in [2.24, 2.45) is 11.8 Å². The fourth-order valence-electron chi connectivity index (χ4n) is 6.99. The van der Waals surface area contributed by atoms with Crippen molar-refractivity contribution in [1.82, 2.24) is 20.9 Å². The van der Waals surface area contributed by atoms with E-state index in [0.29, 0.717) is 24.5 Å². The van der Waals surface area contributed by atoms with E-state index in [-0.39, 0.29) is 23.8 Å². The number of carbonyl (C=O) groups is 4. The van der Waals surface area contributed by atoms with E-state index in [1.807, 2.05) is 24.3 Å². The van der Waals surface area contributed by atoms with Crippen LogP contribution in [0.1, 0.15) is 94.0 Å². The lowest BCUT2D eigenvalue weighted by atomic mass is 9.77. The summed E-state index contributed by atoms with van der Waals surface area (Å²) in [5.74, 6) is -2.36. The number of carboxylic acids is 1. The Morgan fingerprint density at radius 2 is 1.72 bits per heavy atom. The van der Waals surface area contributed by atoms with Gasteiger partial charge in [-0.25, -0.2) is 0 Å². The molecule has 5 rings (SSSR count). The normalized spacial score (nSPS) is 22.8. The van der Waals surface area contributed by atoms with Crippen molar-refractivity contribution >= 4 is 34.6 Å². The van der Waals surface area contributed by atoms with E-state index in [2.05, 4.69) is 20.9 Å². The SMILES string of the molecule is O=C(O)CC(NC(=O)[C@H](CC1CCCCC1)NC(=O)c1cc2ccccc2[nH]1)C1CC2(CCCCC2)NC1=O. The van der Waals surface area contributed by atoms with Gasteiger partial charge in [-0.2, -0.15) is 0 Å². The number of aliphatic carboxylic acids is 1. The van der Waals surface area contributed by atoms with Crippen molar-refractivity contribution in [1.29, 1.82) is 0 Å². The first-order chi connectivity index (χ1) is 18.8. The number of aromatic amines is 1. The number of carbonyl (C=O) groups excluding carboxylic acids is 3. The Labute approximate surface area is 228 Å². The van der Waals surface area contributed by atoms with Gasteiger partial charge in [0, 0.05) is 16.4 Å². The molecule has 2 aliphatic carbocycles. The molecular formula is C30H40N4O5. The van der Waals surface area contributed by atoms with Gasteiger partial charge in [0.15, 0.2) is 0 Å². The first-order valence-corrected chi connectivity index (χ1v) is 14.5. The lowest BCUT2D eigenvalue weighted by Gasteiger charge is -2.34. The van der Waals surface area contributed by atoms with Crippen molar-refractivity contribution < 1.29 is 24.3 Å². The molecule has 2 heterocycles. The summed E-state index contributed by atoms with van der Waals surface area (Å²) in [7, 11) is 0. The quantitative estimate of drug-likeness (QED) is 0.329. The van der Waals surface area contributed by atoms with Crippen LogP contribution in [0.5, 0.6) is 0 Å². The molecule has 210 valence electrons. The number of fused-ring (bicyclic) bond motifs is 1. The number of rotatable bonds is 9. The van der Waals surface area contributed by atoms with E-state index in [9.17, 15) is 24.3 Å². The molecule has 9 nitrogen and oxygen atoms in total. The molecule has 1 saturated heterocycles.